The lowest BCUT2D eigenvalue weighted by Crippen LogP contribution is -2.62. The molecular weight excluding hydrogens is 628 g/mol. The van der Waals surface area contributed by atoms with E-state index in [-0.39, 0.29) is 53.8 Å². The van der Waals surface area contributed by atoms with Crippen LogP contribution in [0.4, 0.5) is 19.3 Å². The summed E-state index contributed by atoms with van der Waals surface area (Å²) >= 11 is 0. The SMILES string of the molecule is Cn1cc(NC(=O)c2cnn3cccnc23)c(-c2cc(Oc3cccc(C4(C(C)(C)C)COCCN4C(=O)O)c3)ccc2OC(F)F)n1. The van der Waals surface area contributed by atoms with E-state index < -0.39 is 29.6 Å². The minimum Gasteiger partial charge on any atom is -0.465 e. The zero-order valence-corrected chi connectivity index (χ0v) is 26.6. The fraction of sp³-hybridized carbons (Fsp3) is 0.303. The van der Waals surface area contributed by atoms with Crippen molar-refractivity contribution in [2.24, 2.45) is 12.5 Å². The van der Waals surface area contributed by atoms with Crippen LogP contribution in [-0.2, 0) is 17.3 Å². The van der Waals surface area contributed by atoms with Crippen LogP contribution >= 0.6 is 0 Å². The summed E-state index contributed by atoms with van der Waals surface area (Å²) in [5.41, 5.74) is 0.108. The number of aryl methyl sites for hydroxylation is 1. The fourth-order valence-corrected chi connectivity index (χ4v) is 6.06. The number of benzene rings is 2. The molecule has 2 aromatic carbocycles. The summed E-state index contributed by atoms with van der Waals surface area (Å²) in [6.45, 7) is 3.35. The van der Waals surface area contributed by atoms with Gasteiger partial charge in [-0.3, -0.25) is 14.4 Å². The molecule has 48 heavy (non-hydrogen) atoms. The van der Waals surface area contributed by atoms with Crippen LogP contribution < -0.4 is 14.8 Å². The summed E-state index contributed by atoms with van der Waals surface area (Å²) in [4.78, 5) is 31.3. The maximum absolute atomic E-state index is 13.5. The molecule has 1 saturated heterocycles. The van der Waals surface area contributed by atoms with E-state index in [2.05, 4.69) is 20.5 Å². The summed E-state index contributed by atoms with van der Waals surface area (Å²) in [6.07, 6.45) is 5.03. The van der Waals surface area contributed by atoms with Gasteiger partial charge in [-0.25, -0.2) is 14.3 Å². The molecule has 2 N–H and O–H groups in total. The number of amides is 2. The van der Waals surface area contributed by atoms with Gasteiger partial charge in [-0.15, -0.1) is 0 Å². The van der Waals surface area contributed by atoms with Gasteiger partial charge in [0.05, 0.1) is 36.2 Å². The first-order chi connectivity index (χ1) is 22.9. The number of rotatable bonds is 8. The third-order valence-electron chi connectivity index (χ3n) is 8.27. The highest BCUT2D eigenvalue weighted by molar-refractivity contribution is 6.09. The lowest BCUT2D eigenvalue weighted by Gasteiger charge is -2.53. The van der Waals surface area contributed by atoms with E-state index in [0.717, 1.165) is 0 Å². The van der Waals surface area contributed by atoms with E-state index in [9.17, 15) is 23.5 Å². The number of carbonyl (C=O) groups is 2. The van der Waals surface area contributed by atoms with Crippen molar-refractivity contribution in [3.8, 4) is 28.5 Å². The minimum absolute atomic E-state index is 0.127. The van der Waals surface area contributed by atoms with Gasteiger partial charge in [-0.2, -0.15) is 19.0 Å². The van der Waals surface area contributed by atoms with Crippen molar-refractivity contribution in [1.29, 1.82) is 0 Å². The highest BCUT2D eigenvalue weighted by atomic mass is 19.3. The molecule has 0 radical (unpaired) electrons. The van der Waals surface area contributed by atoms with Gasteiger partial charge in [0.2, 0.25) is 0 Å². The molecule has 250 valence electrons. The largest absolute Gasteiger partial charge is 0.465 e. The molecule has 13 nitrogen and oxygen atoms in total. The van der Waals surface area contributed by atoms with E-state index >= 15 is 0 Å². The molecule has 3 aromatic heterocycles. The van der Waals surface area contributed by atoms with Gasteiger partial charge in [0, 0.05) is 32.2 Å². The topological polar surface area (TPSA) is 145 Å². The number of aromatic nitrogens is 5. The minimum atomic E-state index is -3.14. The Morgan fingerprint density at radius 2 is 1.92 bits per heavy atom. The summed E-state index contributed by atoms with van der Waals surface area (Å²) in [5, 5.41) is 21.5. The Morgan fingerprint density at radius 3 is 2.67 bits per heavy atom. The zero-order chi connectivity index (χ0) is 34.2. The molecule has 1 aliphatic heterocycles. The smallest absolute Gasteiger partial charge is 0.408 e. The molecule has 1 aliphatic rings. The Morgan fingerprint density at radius 1 is 1.12 bits per heavy atom. The zero-order valence-electron chi connectivity index (χ0n) is 26.6. The number of hydrogen-bond donors (Lipinski definition) is 2. The Bertz CT molecular complexity index is 1990. The van der Waals surface area contributed by atoms with Crippen LogP contribution in [0.25, 0.3) is 16.9 Å². The van der Waals surface area contributed by atoms with Crippen molar-refractivity contribution in [1.82, 2.24) is 29.3 Å². The van der Waals surface area contributed by atoms with Gasteiger partial charge < -0.3 is 24.6 Å². The average molecular weight is 662 g/mol. The number of fused-ring (bicyclic) bond motifs is 1. The molecule has 2 amide bonds. The van der Waals surface area contributed by atoms with E-state index in [4.69, 9.17) is 14.2 Å². The number of hydrogen-bond acceptors (Lipinski definition) is 8. The number of carbonyl (C=O) groups excluding carboxylic acids is 1. The van der Waals surface area contributed by atoms with E-state index in [0.29, 0.717) is 17.0 Å². The van der Waals surface area contributed by atoms with Crippen LogP contribution in [0.5, 0.6) is 17.2 Å². The summed E-state index contributed by atoms with van der Waals surface area (Å²) in [7, 11) is 1.62. The Balaban J connectivity index is 1.36. The van der Waals surface area contributed by atoms with Gasteiger partial charge >= 0.3 is 12.7 Å². The molecule has 1 fully saturated rings. The maximum Gasteiger partial charge on any atom is 0.408 e. The summed E-state index contributed by atoms with van der Waals surface area (Å²) < 4.78 is 46.8. The van der Waals surface area contributed by atoms with E-state index in [1.165, 1.54) is 50.9 Å². The van der Waals surface area contributed by atoms with Crippen molar-refractivity contribution < 1.29 is 37.7 Å². The van der Waals surface area contributed by atoms with Crippen LogP contribution in [-0.4, -0.2) is 72.8 Å². The first-order valence-electron chi connectivity index (χ1n) is 15.0. The lowest BCUT2D eigenvalue weighted by molar-refractivity contribution is -0.110. The number of nitrogens with one attached hydrogen (secondary N) is 1. The molecule has 15 heteroatoms. The van der Waals surface area contributed by atoms with Crippen molar-refractivity contribution in [2.75, 3.05) is 25.1 Å². The molecule has 5 aromatic rings. The van der Waals surface area contributed by atoms with Crippen molar-refractivity contribution >= 4 is 23.3 Å². The third-order valence-corrected chi connectivity index (χ3v) is 8.27. The molecule has 0 saturated carbocycles. The molecule has 6 rings (SSSR count). The molecular formula is C33H33F2N7O6. The lowest BCUT2D eigenvalue weighted by atomic mass is 9.68. The Kier molecular flexibility index (Phi) is 8.47. The molecule has 4 heterocycles. The van der Waals surface area contributed by atoms with Gasteiger partial charge in [0.15, 0.2) is 5.65 Å². The third kappa shape index (κ3) is 5.99. The number of carboxylic acid groups (broad SMARTS) is 1. The first kappa shape index (κ1) is 32.4. The first-order valence-corrected chi connectivity index (χ1v) is 15.0. The number of ether oxygens (including phenoxy) is 3. The van der Waals surface area contributed by atoms with Crippen LogP contribution in [0.3, 0.4) is 0 Å². The summed E-state index contributed by atoms with van der Waals surface area (Å²) in [5.74, 6) is -0.108. The number of morpholine rings is 1. The van der Waals surface area contributed by atoms with E-state index in [1.54, 1.807) is 37.5 Å². The quantitative estimate of drug-likeness (QED) is 0.204. The monoisotopic (exact) mass is 661 g/mol. The van der Waals surface area contributed by atoms with Crippen molar-refractivity contribution in [2.45, 2.75) is 32.9 Å². The number of nitrogens with zero attached hydrogens (tertiary/aromatic N) is 6. The predicted molar refractivity (Wildman–Crippen MR) is 169 cm³/mol. The van der Waals surface area contributed by atoms with Crippen LogP contribution in [0.15, 0.2) is 73.3 Å². The highest BCUT2D eigenvalue weighted by Crippen LogP contribution is 2.47. The van der Waals surface area contributed by atoms with Crippen LogP contribution in [0.2, 0.25) is 0 Å². The normalized spacial score (nSPS) is 16.7. The van der Waals surface area contributed by atoms with Crippen molar-refractivity contribution in [3.05, 3.63) is 84.4 Å². The maximum atomic E-state index is 13.5. The van der Waals surface area contributed by atoms with E-state index in [1.807, 2.05) is 26.8 Å². The predicted octanol–water partition coefficient (Wildman–Crippen LogP) is 6.03. The fourth-order valence-electron chi connectivity index (χ4n) is 6.06. The number of anilines is 1. The molecule has 1 unspecified atom stereocenters. The Hall–Kier alpha value is -5.57. The highest BCUT2D eigenvalue weighted by Gasteiger charge is 2.52. The molecule has 1 atom stereocenters. The van der Waals surface area contributed by atoms with Gasteiger partial charge in [0.25, 0.3) is 5.91 Å². The Labute approximate surface area is 273 Å². The van der Waals surface area contributed by atoms with Gasteiger partial charge in [-0.05, 0) is 47.4 Å². The average Bonchev–Trinajstić information content (AvgIpc) is 3.64. The second-order valence-electron chi connectivity index (χ2n) is 12.2. The van der Waals surface area contributed by atoms with Crippen molar-refractivity contribution in [3.63, 3.8) is 0 Å². The molecule has 0 aliphatic carbocycles. The van der Waals surface area contributed by atoms with Crippen LogP contribution in [0, 0.1) is 5.41 Å². The molecule has 0 bridgehead atoms. The van der Waals surface area contributed by atoms with Gasteiger partial charge in [0.1, 0.15) is 28.5 Å². The van der Waals surface area contributed by atoms with Gasteiger partial charge in [-0.1, -0.05) is 32.9 Å². The summed E-state index contributed by atoms with van der Waals surface area (Å²) in [6, 6.07) is 13.0. The van der Waals surface area contributed by atoms with Crippen LogP contribution in [0.1, 0.15) is 36.7 Å². The second-order valence-corrected chi connectivity index (χ2v) is 12.2. The number of halogens is 2. The second kappa shape index (κ2) is 12.6. The molecule has 0 spiro atoms. The number of alkyl halides is 2. The standard InChI is InChI=1S/C33H33F2N7O6/c1-32(2,3)33(19-46-14-13-41(33)31(44)45)20-7-5-8-21(15-20)47-22-9-10-26(48-30(34)35)23(16-22)27-25(18-40(4)39-27)38-29(43)24-17-37-42-12-6-11-36-28(24)42/h5-12,15-18,30H,13-14,19H2,1-4H3,(H,38,43)(H,44,45).